The van der Waals surface area contributed by atoms with Crippen LogP contribution in [0.5, 0.6) is 0 Å². The molecule has 0 fully saturated rings. The van der Waals surface area contributed by atoms with E-state index in [9.17, 15) is 4.79 Å². The van der Waals surface area contributed by atoms with Gasteiger partial charge in [0.05, 0.1) is 26.4 Å². The smallest absolute Gasteiger partial charge is 0.305 e. The van der Waals surface area contributed by atoms with Crippen molar-refractivity contribution in [3.05, 3.63) is 12.2 Å². The van der Waals surface area contributed by atoms with Crippen LogP contribution in [0.1, 0.15) is 135 Å². The zero-order chi connectivity index (χ0) is 27.2. The molecule has 0 spiro atoms. The van der Waals surface area contributed by atoms with Gasteiger partial charge in [-0.15, -0.1) is 0 Å². The average Bonchev–Trinajstić information content (AvgIpc) is 2.89. The van der Waals surface area contributed by atoms with Gasteiger partial charge in [0.2, 0.25) is 0 Å². The molecule has 37 heavy (non-hydrogen) atoms. The summed E-state index contributed by atoms with van der Waals surface area (Å²) in [6, 6.07) is 0.314. The van der Waals surface area contributed by atoms with Gasteiger partial charge in [0.15, 0.2) is 0 Å². The number of hydrogen-bond acceptors (Lipinski definition) is 5. The largest absolute Gasteiger partial charge is 0.469 e. The Hall–Kier alpha value is -0.910. The summed E-state index contributed by atoms with van der Waals surface area (Å²) in [5.74, 6) is -0.104. The van der Waals surface area contributed by atoms with Gasteiger partial charge in [-0.25, -0.2) is 0 Å². The zero-order valence-electron chi connectivity index (χ0n) is 25.3. The Morgan fingerprint density at radius 3 is 1.54 bits per heavy atom. The van der Waals surface area contributed by atoms with Crippen LogP contribution in [-0.4, -0.2) is 64.5 Å². The Morgan fingerprint density at radius 1 is 0.649 bits per heavy atom. The molecular formula is C32H63NO4. The van der Waals surface area contributed by atoms with Gasteiger partial charge in [-0.3, -0.25) is 4.79 Å². The molecule has 0 radical (unpaired) electrons. The number of rotatable bonds is 29. The predicted octanol–water partition coefficient (Wildman–Crippen LogP) is 8.50. The van der Waals surface area contributed by atoms with E-state index in [1.54, 1.807) is 0 Å². The number of likely N-dealkylation sites (N-methyl/N-ethyl adjacent to an activating group) is 1. The molecule has 5 nitrogen and oxygen atoms in total. The second-order valence-corrected chi connectivity index (χ2v) is 10.8. The van der Waals surface area contributed by atoms with Crippen molar-refractivity contribution in [2.75, 3.05) is 47.6 Å². The predicted molar refractivity (Wildman–Crippen MR) is 158 cm³/mol. The van der Waals surface area contributed by atoms with Gasteiger partial charge in [-0.05, 0) is 59.0 Å². The fraction of sp³-hybridized carbons (Fsp3) is 0.906. The van der Waals surface area contributed by atoms with Crippen LogP contribution < -0.4 is 0 Å². The summed E-state index contributed by atoms with van der Waals surface area (Å²) in [6.07, 6.45) is 29.4. The Morgan fingerprint density at radius 2 is 1.08 bits per heavy atom. The normalized spacial score (nSPS) is 12.6. The van der Waals surface area contributed by atoms with Crippen LogP contribution in [0, 0.1) is 0 Å². The molecule has 1 unspecified atom stereocenters. The van der Waals surface area contributed by atoms with Crippen molar-refractivity contribution < 1.29 is 19.0 Å². The Kier molecular flexibility index (Phi) is 28.9. The van der Waals surface area contributed by atoms with Gasteiger partial charge in [-0.2, -0.15) is 0 Å². The van der Waals surface area contributed by atoms with Crippen LogP contribution in [0.25, 0.3) is 0 Å². The molecule has 220 valence electrons. The summed E-state index contributed by atoms with van der Waals surface area (Å²) in [5, 5.41) is 0. The van der Waals surface area contributed by atoms with E-state index >= 15 is 0 Å². The number of nitrogens with zero attached hydrogens (tertiary/aromatic N) is 1. The maximum Gasteiger partial charge on any atom is 0.305 e. The van der Waals surface area contributed by atoms with Crippen LogP contribution >= 0.6 is 0 Å². The lowest BCUT2D eigenvalue weighted by Gasteiger charge is -2.24. The summed E-state index contributed by atoms with van der Waals surface area (Å²) in [7, 11) is 5.65. The van der Waals surface area contributed by atoms with Crippen LogP contribution in [-0.2, 0) is 19.0 Å². The third-order valence-corrected chi connectivity index (χ3v) is 7.05. The van der Waals surface area contributed by atoms with Crippen LogP contribution in [0.15, 0.2) is 12.2 Å². The first-order chi connectivity index (χ1) is 18.1. The summed E-state index contributed by atoms with van der Waals surface area (Å²) in [6.45, 7) is 5.41. The van der Waals surface area contributed by atoms with E-state index in [1.807, 2.05) is 0 Å². The third kappa shape index (κ3) is 27.9. The van der Waals surface area contributed by atoms with Crippen molar-refractivity contribution in [2.24, 2.45) is 0 Å². The van der Waals surface area contributed by atoms with Crippen LogP contribution in [0.4, 0.5) is 0 Å². The van der Waals surface area contributed by atoms with Crippen molar-refractivity contribution >= 4 is 5.97 Å². The molecular weight excluding hydrogens is 462 g/mol. The second kappa shape index (κ2) is 29.6. The van der Waals surface area contributed by atoms with Crippen molar-refractivity contribution in [3.8, 4) is 0 Å². The summed E-state index contributed by atoms with van der Waals surface area (Å²) in [5.41, 5.74) is 0. The topological polar surface area (TPSA) is 48.0 Å². The van der Waals surface area contributed by atoms with E-state index in [0.717, 1.165) is 65.0 Å². The molecule has 0 amide bonds. The maximum absolute atomic E-state index is 11.1. The van der Waals surface area contributed by atoms with Crippen LogP contribution in [0.2, 0.25) is 0 Å². The monoisotopic (exact) mass is 525 g/mol. The van der Waals surface area contributed by atoms with Crippen LogP contribution in [0.3, 0.4) is 0 Å². The van der Waals surface area contributed by atoms with Gasteiger partial charge in [-0.1, -0.05) is 96.1 Å². The van der Waals surface area contributed by atoms with E-state index in [2.05, 4.69) is 42.8 Å². The minimum Gasteiger partial charge on any atom is -0.469 e. The standard InChI is InChI=1S/C32H63NO4/c1-5-6-7-8-9-10-11-12-13-14-15-16-17-18-21-24-27-36-29-31(33(2)3)30-37-28-25-22-19-20-23-26-32(34)35-4/h12-13,31H,5-11,14-30H2,1-4H3/b13-12+. The van der Waals surface area contributed by atoms with E-state index in [1.165, 1.54) is 90.6 Å². The molecule has 0 aromatic rings. The second-order valence-electron chi connectivity index (χ2n) is 10.8. The lowest BCUT2D eigenvalue weighted by Crippen LogP contribution is -2.37. The number of carbonyl (C=O) groups excluding carboxylic acids is 1. The highest BCUT2D eigenvalue weighted by Gasteiger charge is 2.11. The van der Waals surface area contributed by atoms with Gasteiger partial charge < -0.3 is 19.1 Å². The van der Waals surface area contributed by atoms with Gasteiger partial charge in [0.1, 0.15) is 0 Å². The summed E-state index contributed by atoms with van der Waals surface area (Å²) in [4.78, 5) is 13.3. The molecule has 0 aliphatic rings. The van der Waals surface area contributed by atoms with E-state index in [-0.39, 0.29) is 5.97 Å². The van der Waals surface area contributed by atoms with E-state index in [4.69, 9.17) is 9.47 Å². The number of methoxy groups -OCH3 is 1. The number of esters is 1. The number of hydrogen-bond donors (Lipinski definition) is 0. The zero-order valence-corrected chi connectivity index (χ0v) is 25.3. The fourth-order valence-corrected chi connectivity index (χ4v) is 4.34. The minimum atomic E-state index is -0.104. The number of unbranched alkanes of at least 4 members (excludes halogenated alkanes) is 16. The minimum absolute atomic E-state index is 0.104. The molecule has 0 aromatic heterocycles. The molecule has 0 saturated heterocycles. The summed E-state index contributed by atoms with van der Waals surface area (Å²) < 4.78 is 16.5. The van der Waals surface area contributed by atoms with Gasteiger partial charge >= 0.3 is 5.97 Å². The highest BCUT2D eigenvalue weighted by atomic mass is 16.5. The van der Waals surface area contributed by atoms with Gasteiger partial charge in [0, 0.05) is 19.6 Å². The van der Waals surface area contributed by atoms with Crippen molar-refractivity contribution in [3.63, 3.8) is 0 Å². The van der Waals surface area contributed by atoms with E-state index in [0.29, 0.717) is 12.5 Å². The first kappa shape index (κ1) is 36.1. The Labute approximate surface area is 231 Å². The first-order valence-electron chi connectivity index (χ1n) is 15.7. The van der Waals surface area contributed by atoms with Crippen molar-refractivity contribution in [2.45, 2.75) is 141 Å². The molecule has 0 bridgehead atoms. The summed E-state index contributed by atoms with van der Waals surface area (Å²) >= 11 is 0. The average molecular weight is 526 g/mol. The maximum atomic E-state index is 11.1. The number of allylic oxidation sites excluding steroid dienone is 2. The van der Waals surface area contributed by atoms with Gasteiger partial charge in [0.25, 0.3) is 0 Å². The number of ether oxygens (including phenoxy) is 3. The van der Waals surface area contributed by atoms with Crippen molar-refractivity contribution in [1.29, 1.82) is 0 Å². The molecule has 0 rings (SSSR count). The lowest BCUT2D eigenvalue weighted by atomic mass is 10.1. The quantitative estimate of drug-likeness (QED) is 0.0556. The molecule has 0 N–H and O–H groups in total. The molecule has 0 aromatic carbocycles. The Bertz CT molecular complexity index is 495. The van der Waals surface area contributed by atoms with E-state index < -0.39 is 0 Å². The SMILES string of the molecule is CCCCCCCC/C=C/CCCCCCCCOCC(COCCCCCCCC(=O)OC)N(C)C. The third-order valence-electron chi connectivity index (χ3n) is 7.05. The van der Waals surface area contributed by atoms with Crippen molar-refractivity contribution in [1.82, 2.24) is 4.90 Å². The molecule has 0 aliphatic heterocycles. The molecule has 5 heteroatoms. The molecule has 0 saturated carbocycles. The number of carbonyl (C=O) groups is 1. The lowest BCUT2D eigenvalue weighted by molar-refractivity contribution is -0.140. The highest BCUT2D eigenvalue weighted by molar-refractivity contribution is 5.68. The Balaban J connectivity index is 3.44. The molecule has 0 heterocycles. The fourth-order valence-electron chi connectivity index (χ4n) is 4.34. The first-order valence-corrected chi connectivity index (χ1v) is 15.7. The highest BCUT2D eigenvalue weighted by Crippen LogP contribution is 2.10. The molecule has 1 atom stereocenters. The molecule has 0 aliphatic carbocycles.